The molecule has 2 nitrogen and oxygen atoms in total. The Morgan fingerprint density at radius 2 is 2.06 bits per heavy atom. The van der Waals surface area contributed by atoms with Gasteiger partial charge in [0.25, 0.3) is 0 Å². The van der Waals surface area contributed by atoms with Crippen molar-refractivity contribution in [3.05, 3.63) is 48.2 Å². The maximum atomic E-state index is 11.1. The first-order chi connectivity index (χ1) is 7.83. The van der Waals surface area contributed by atoms with Crippen molar-refractivity contribution in [3.63, 3.8) is 0 Å². The Morgan fingerprint density at radius 1 is 1.31 bits per heavy atom. The van der Waals surface area contributed by atoms with Crippen LogP contribution < -0.4 is 0 Å². The molecular weight excluding hydrogens is 200 g/mol. The fourth-order valence-corrected chi connectivity index (χ4v) is 1.34. The van der Waals surface area contributed by atoms with Gasteiger partial charge in [-0.2, -0.15) is 0 Å². The molecule has 0 fully saturated rings. The molecule has 0 unspecified atom stereocenters. The highest BCUT2D eigenvalue weighted by atomic mass is 16.5. The fourth-order valence-electron chi connectivity index (χ4n) is 1.34. The molecule has 16 heavy (non-hydrogen) atoms. The van der Waals surface area contributed by atoms with Gasteiger partial charge >= 0.3 is 0 Å². The Hall–Kier alpha value is -1.57. The zero-order valence-corrected chi connectivity index (χ0v) is 9.69. The molecule has 1 rings (SSSR count). The van der Waals surface area contributed by atoms with Crippen molar-refractivity contribution in [3.8, 4) is 0 Å². The Balaban J connectivity index is 2.15. The Bertz CT molecular complexity index is 328. The largest absolute Gasteiger partial charge is 0.501 e. The Labute approximate surface area is 96.9 Å². The molecule has 0 heterocycles. The van der Waals surface area contributed by atoms with E-state index in [-0.39, 0.29) is 5.78 Å². The molecule has 0 aliphatic rings. The molecule has 0 saturated heterocycles. The minimum Gasteiger partial charge on any atom is -0.501 e. The van der Waals surface area contributed by atoms with E-state index in [1.54, 1.807) is 0 Å². The summed E-state index contributed by atoms with van der Waals surface area (Å²) in [6.07, 6.45) is 5.36. The highest BCUT2D eigenvalue weighted by Gasteiger charge is 1.93. The lowest BCUT2D eigenvalue weighted by Crippen LogP contribution is -1.95. The smallest absolute Gasteiger partial charge is 0.158 e. The van der Waals surface area contributed by atoms with E-state index in [0.717, 1.165) is 12.8 Å². The summed E-state index contributed by atoms with van der Waals surface area (Å²) in [6, 6.07) is 10.1. The quantitative estimate of drug-likeness (QED) is 0.399. The van der Waals surface area contributed by atoms with Crippen molar-refractivity contribution in [1.82, 2.24) is 0 Å². The van der Waals surface area contributed by atoms with E-state index in [1.807, 2.05) is 25.1 Å². The molecule has 0 bridgehead atoms. The van der Waals surface area contributed by atoms with Crippen LogP contribution in [0.5, 0.6) is 0 Å². The lowest BCUT2D eigenvalue weighted by atomic mass is 10.2. The third-order valence-corrected chi connectivity index (χ3v) is 2.20. The van der Waals surface area contributed by atoms with Gasteiger partial charge in [-0.15, -0.1) is 0 Å². The molecule has 0 saturated carbocycles. The van der Waals surface area contributed by atoms with E-state index in [1.165, 1.54) is 17.9 Å². The second-order valence-corrected chi connectivity index (χ2v) is 3.63. The standard InChI is InChI=1S/C14H18O2/c1-2-6-14(15)10-12-16-11-9-13-7-4-3-5-8-13/h3-5,7-8,10,12H,2,6,9,11H2,1H3/b12-10+. The monoisotopic (exact) mass is 218 g/mol. The van der Waals surface area contributed by atoms with Gasteiger partial charge in [-0.1, -0.05) is 37.3 Å². The average Bonchev–Trinajstić information content (AvgIpc) is 2.30. The number of carbonyl (C=O) groups excluding carboxylic acids is 1. The summed E-state index contributed by atoms with van der Waals surface area (Å²) >= 11 is 0. The Morgan fingerprint density at radius 3 is 2.75 bits per heavy atom. The van der Waals surface area contributed by atoms with E-state index in [9.17, 15) is 4.79 Å². The predicted molar refractivity (Wildman–Crippen MR) is 65.2 cm³/mol. The van der Waals surface area contributed by atoms with E-state index in [0.29, 0.717) is 13.0 Å². The minimum absolute atomic E-state index is 0.127. The van der Waals surface area contributed by atoms with Crippen LogP contribution in [0.3, 0.4) is 0 Å². The lowest BCUT2D eigenvalue weighted by Gasteiger charge is -2.00. The summed E-state index contributed by atoms with van der Waals surface area (Å²) in [5.41, 5.74) is 1.25. The second-order valence-electron chi connectivity index (χ2n) is 3.63. The van der Waals surface area contributed by atoms with Crippen LogP contribution in [0.4, 0.5) is 0 Å². The van der Waals surface area contributed by atoms with Gasteiger partial charge in [0, 0.05) is 18.9 Å². The van der Waals surface area contributed by atoms with Crippen molar-refractivity contribution in [2.75, 3.05) is 6.61 Å². The van der Waals surface area contributed by atoms with Crippen LogP contribution in [0, 0.1) is 0 Å². The van der Waals surface area contributed by atoms with E-state index in [2.05, 4.69) is 12.1 Å². The third kappa shape index (κ3) is 5.35. The van der Waals surface area contributed by atoms with Gasteiger partial charge in [-0.05, 0) is 12.0 Å². The van der Waals surface area contributed by atoms with E-state index < -0.39 is 0 Å². The van der Waals surface area contributed by atoms with Crippen molar-refractivity contribution < 1.29 is 9.53 Å². The molecule has 0 aromatic heterocycles. The van der Waals surface area contributed by atoms with Crippen molar-refractivity contribution in [2.24, 2.45) is 0 Å². The van der Waals surface area contributed by atoms with Crippen LogP contribution in [0.1, 0.15) is 25.3 Å². The summed E-state index contributed by atoms with van der Waals surface area (Å²) in [5, 5.41) is 0. The maximum absolute atomic E-state index is 11.1. The number of rotatable bonds is 7. The average molecular weight is 218 g/mol. The molecule has 0 atom stereocenters. The van der Waals surface area contributed by atoms with Crippen LogP contribution in [-0.4, -0.2) is 12.4 Å². The highest BCUT2D eigenvalue weighted by molar-refractivity contribution is 5.89. The molecule has 0 aliphatic heterocycles. The number of carbonyl (C=O) groups is 1. The van der Waals surface area contributed by atoms with Gasteiger partial charge in [0.1, 0.15) is 0 Å². The number of hydrogen-bond acceptors (Lipinski definition) is 2. The second kappa shape index (κ2) is 7.69. The lowest BCUT2D eigenvalue weighted by molar-refractivity contribution is -0.114. The summed E-state index contributed by atoms with van der Waals surface area (Å²) < 4.78 is 5.25. The Kier molecular flexibility index (Phi) is 6.00. The molecule has 0 radical (unpaired) electrons. The number of hydrogen-bond donors (Lipinski definition) is 0. The first kappa shape index (κ1) is 12.5. The van der Waals surface area contributed by atoms with Gasteiger partial charge in [0.05, 0.1) is 12.9 Å². The molecular formula is C14H18O2. The maximum Gasteiger partial charge on any atom is 0.158 e. The molecule has 1 aromatic carbocycles. The fraction of sp³-hybridized carbons (Fsp3) is 0.357. The molecule has 2 heteroatoms. The van der Waals surface area contributed by atoms with Crippen LogP contribution >= 0.6 is 0 Å². The molecule has 86 valence electrons. The summed E-state index contributed by atoms with van der Waals surface area (Å²) in [7, 11) is 0. The molecule has 0 N–H and O–H groups in total. The van der Waals surface area contributed by atoms with Crippen molar-refractivity contribution in [1.29, 1.82) is 0 Å². The summed E-state index contributed by atoms with van der Waals surface area (Å²) in [4.78, 5) is 11.1. The molecule has 0 aliphatic carbocycles. The first-order valence-electron chi connectivity index (χ1n) is 5.68. The van der Waals surface area contributed by atoms with Crippen LogP contribution in [0.2, 0.25) is 0 Å². The molecule has 1 aromatic rings. The first-order valence-corrected chi connectivity index (χ1v) is 5.68. The van der Waals surface area contributed by atoms with Gasteiger partial charge in [0.2, 0.25) is 0 Å². The number of benzene rings is 1. The predicted octanol–water partition coefficient (Wildman–Crippen LogP) is 3.13. The van der Waals surface area contributed by atoms with Crippen LogP contribution in [-0.2, 0) is 16.0 Å². The van der Waals surface area contributed by atoms with Crippen LogP contribution in [0.25, 0.3) is 0 Å². The zero-order chi connectivity index (χ0) is 11.6. The van der Waals surface area contributed by atoms with Gasteiger partial charge in [0.15, 0.2) is 5.78 Å². The molecule has 0 spiro atoms. The van der Waals surface area contributed by atoms with Crippen LogP contribution in [0.15, 0.2) is 42.7 Å². The normalized spacial score (nSPS) is 10.6. The summed E-state index contributed by atoms with van der Waals surface area (Å²) in [5.74, 6) is 0.127. The molecule has 0 amide bonds. The van der Waals surface area contributed by atoms with Gasteiger partial charge in [-0.3, -0.25) is 4.79 Å². The number of ketones is 1. The van der Waals surface area contributed by atoms with E-state index >= 15 is 0 Å². The highest BCUT2D eigenvalue weighted by Crippen LogP contribution is 1.99. The summed E-state index contributed by atoms with van der Waals surface area (Å²) in [6.45, 7) is 2.60. The van der Waals surface area contributed by atoms with E-state index in [4.69, 9.17) is 4.74 Å². The SMILES string of the molecule is CCCC(=O)/C=C/OCCc1ccccc1. The van der Waals surface area contributed by atoms with Crippen molar-refractivity contribution in [2.45, 2.75) is 26.2 Å². The van der Waals surface area contributed by atoms with Gasteiger partial charge in [-0.25, -0.2) is 0 Å². The van der Waals surface area contributed by atoms with Gasteiger partial charge < -0.3 is 4.74 Å². The third-order valence-electron chi connectivity index (χ3n) is 2.20. The number of allylic oxidation sites excluding steroid dienone is 1. The zero-order valence-electron chi connectivity index (χ0n) is 9.69. The topological polar surface area (TPSA) is 26.3 Å². The minimum atomic E-state index is 0.127. The number of ether oxygens (including phenoxy) is 1. The van der Waals surface area contributed by atoms with Crippen molar-refractivity contribution >= 4 is 5.78 Å².